The number of ketones is 1. The van der Waals surface area contributed by atoms with Crippen LogP contribution in [0.15, 0.2) is 39.0 Å². The van der Waals surface area contributed by atoms with E-state index in [1.165, 1.54) is 11.3 Å². The molecule has 0 aliphatic heterocycles. The van der Waals surface area contributed by atoms with Crippen LogP contribution in [0.5, 0.6) is 0 Å². The first-order valence-electron chi connectivity index (χ1n) is 5.71. The zero-order valence-corrected chi connectivity index (χ0v) is 13.8. The Hall–Kier alpha value is -0.780. The molecule has 0 saturated carbocycles. The minimum atomic E-state index is -1.28. The standard InChI is InChI=1S/C14H13BrO2S2/c1-9-3-5-13(10(2)7-9)19(17)8-11(16)12-4-6-14(15)18-12/h3-7H,8H2,1-2H3. The Kier molecular flexibility index (Phi) is 4.71. The number of rotatable bonds is 4. The first kappa shape index (κ1) is 14.6. The summed E-state index contributed by atoms with van der Waals surface area (Å²) >= 11 is 4.69. The molecular weight excluding hydrogens is 344 g/mol. The Balaban J connectivity index is 2.15. The zero-order chi connectivity index (χ0) is 14.0. The maximum atomic E-state index is 12.3. The van der Waals surface area contributed by atoms with Crippen LogP contribution in [0.4, 0.5) is 0 Å². The van der Waals surface area contributed by atoms with Crippen LogP contribution < -0.4 is 0 Å². The number of aryl methyl sites for hydroxylation is 2. The minimum Gasteiger partial charge on any atom is -0.292 e. The molecule has 2 aromatic rings. The van der Waals surface area contributed by atoms with E-state index in [0.29, 0.717) is 4.88 Å². The highest BCUT2D eigenvalue weighted by atomic mass is 79.9. The van der Waals surface area contributed by atoms with Gasteiger partial charge < -0.3 is 0 Å². The molecule has 0 N–H and O–H groups in total. The number of Topliss-reactive ketones (excluding diaryl/α,β-unsaturated/α-hetero) is 1. The second kappa shape index (κ2) is 6.11. The smallest absolute Gasteiger partial charge is 0.185 e. The number of hydrogen-bond donors (Lipinski definition) is 0. The molecule has 0 radical (unpaired) electrons. The third-order valence-corrected chi connectivity index (χ3v) is 5.82. The van der Waals surface area contributed by atoms with Crippen molar-refractivity contribution in [2.24, 2.45) is 0 Å². The van der Waals surface area contributed by atoms with Gasteiger partial charge in [-0.25, -0.2) is 0 Å². The Labute approximate surface area is 127 Å². The minimum absolute atomic E-state index is 0.0385. The van der Waals surface area contributed by atoms with Crippen molar-refractivity contribution in [1.29, 1.82) is 0 Å². The normalized spacial score (nSPS) is 12.4. The summed E-state index contributed by atoms with van der Waals surface area (Å²) in [5.41, 5.74) is 2.10. The first-order chi connectivity index (χ1) is 8.97. The fraction of sp³-hybridized carbons (Fsp3) is 0.214. The fourth-order valence-electron chi connectivity index (χ4n) is 1.79. The van der Waals surface area contributed by atoms with Crippen molar-refractivity contribution < 1.29 is 9.00 Å². The number of halogens is 1. The van der Waals surface area contributed by atoms with Gasteiger partial charge in [-0.15, -0.1) is 11.3 Å². The molecule has 0 saturated heterocycles. The molecule has 0 bridgehead atoms. The van der Waals surface area contributed by atoms with Crippen LogP contribution in [0, 0.1) is 13.8 Å². The van der Waals surface area contributed by atoms with Gasteiger partial charge in [0.1, 0.15) is 0 Å². The first-order valence-corrected chi connectivity index (χ1v) is 8.64. The molecule has 1 atom stereocenters. The second-order valence-electron chi connectivity index (χ2n) is 4.29. The highest BCUT2D eigenvalue weighted by molar-refractivity contribution is 9.11. The average molecular weight is 357 g/mol. The summed E-state index contributed by atoms with van der Waals surface area (Å²) in [6.07, 6.45) is 0. The Morgan fingerprint density at radius 1 is 1.26 bits per heavy atom. The third kappa shape index (κ3) is 3.61. The van der Waals surface area contributed by atoms with Crippen molar-refractivity contribution in [2.75, 3.05) is 5.75 Å². The van der Waals surface area contributed by atoms with Crippen LogP contribution in [0.3, 0.4) is 0 Å². The van der Waals surface area contributed by atoms with E-state index < -0.39 is 10.8 Å². The van der Waals surface area contributed by atoms with Gasteiger partial charge in [-0.05, 0) is 53.5 Å². The van der Waals surface area contributed by atoms with E-state index >= 15 is 0 Å². The van der Waals surface area contributed by atoms with Crippen molar-refractivity contribution in [1.82, 2.24) is 0 Å². The highest BCUT2D eigenvalue weighted by Crippen LogP contribution is 2.23. The lowest BCUT2D eigenvalue weighted by Gasteiger charge is -2.06. The molecule has 1 aromatic carbocycles. The lowest BCUT2D eigenvalue weighted by molar-refractivity contribution is 0.102. The van der Waals surface area contributed by atoms with Gasteiger partial charge in [0, 0.05) is 4.90 Å². The lowest BCUT2D eigenvalue weighted by atomic mass is 10.2. The van der Waals surface area contributed by atoms with Crippen LogP contribution in [-0.4, -0.2) is 15.7 Å². The molecule has 2 rings (SSSR count). The van der Waals surface area contributed by atoms with E-state index in [2.05, 4.69) is 15.9 Å². The zero-order valence-electron chi connectivity index (χ0n) is 10.6. The van der Waals surface area contributed by atoms with Gasteiger partial charge in [0.15, 0.2) is 5.78 Å². The number of thiophene rings is 1. The van der Waals surface area contributed by atoms with Gasteiger partial charge in [-0.3, -0.25) is 9.00 Å². The Morgan fingerprint density at radius 3 is 2.58 bits per heavy atom. The maximum Gasteiger partial charge on any atom is 0.185 e. The fourth-order valence-corrected chi connectivity index (χ4v) is 4.39. The van der Waals surface area contributed by atoms with Crippen LogP contribution in [0.1, 0.15) is 20.8 Å². The summed E-state index contributed by atoms with van der Waals surface area (Å²) in [5, 5.41) is 0. The van der Waals surface area contributed by atoms with Crippen LogP contribution >= 0.6 is 27.3 Å². The SMILES string of the molecule is Cc1ccc(S(=O)CC(=O)c2ccc(Br)s2)c(C)c1. The van der Waals surface area contributed by atoms with Crippen molar-refractivity contribution in [3.63, 3.8) is 0 Å². The van der Waals surface area contributed by atoms with E-state index in [1.807, 2.05) is 38.1 Å². The van der Waals surface area contributed by atoms with Crippen LogP contribution in [-0.2, 0) is 10.8 Å². The van der Waals surface area contributed by atoms with E-state index in [1.54, 1.807) is 6.07 Å². The maximum absolute atomic E-state index is 12.3. The van der Waals surface area contributed by atoms with Crippen molar-refractivity contribution in [3.8, 4) is 0 Å². The van der Waals surface area contributed by atoms with Gasteiger partial charge >= 0.3 is 0 Å². The molecule has 0 fully saturated rings. The molecule has 0 aliphatic rings. The molecule has 100 valence electrons. The third-order valence-electron chi connectivity index (χ3n) is 2.69. The number of benzene rings is 1. The van der Waals surface area contributed by atoms with Crippen LogP contribution in [0.2, 0.25) is 0 Å². The highest BCUT2D eigenvalue weighted by Gasteiger charge is 2.15. The van der Waals surface area contributed by atoms with E-state index in [-0.39, 0.29) is 11.5 Å². The number of carbonyl (C=O) groups excluding carboxylic acids is 1. The largest absolute Gasteiger partial charge is 0.292 e. The van der Waals surface area contributed by atoms with Crippen LogP contribution in [0.25, 0.3) is 0 Å². The molecular formula is C14H13BrO2S2. The van der Waals surface area contributed by atoms with Crippen molar-refractivity contribution >= 4 is 43.8 Å². The average Bonchev–Trinajstić information content (AvgIpc) is 2.75. The molecule has 19 heavy (non-hydrogen) atoms. The van der Waals surface area contributed by atoms with Gasteiger partial charge in [0.2, 0.25) is 0 Å². The molecule has 1 unspecified atom stereocenters. The predicted octanol–water partition coefficient (Wildman–Crippen LogP) is 4.12. The quantitative estimate of drug-likeness (QED) is 0.772. The molecule has 5 heteroatoms. The molecule has 0 aliphatic carbocycles. The van der Waals surface area contributed by atoms with Crippen molar-refractivity contribution in [2.45, 2.75) is 18.7 Å². The second-order valence-corrected chi connectivity index (χ2v) is 8.17. The summed E-state index contributed by atoms with van der Waals surface area (Å²) in [4.78, 5) is 13.4. The van der Waals surface area contributed by atoms with Gasteiger partial charge in [-0.1, -0.05) is 17.7 Å². The molecule has 2 nitrogen and oxygen atoms in total. The topological polar surface area (TPSA) is 34.1 Å². The Morgan fingerprint density at radius 2 is 2.00 bits per heavy atom. The monoisotopic (exact) mass is 356 g/mol. The summed E-state index contributed by atoms with van der Waals surface area (Å²) < 4.78 is 13.2. The Bertz CT molecular complexity index is 647. The van der Waals surface area contributed by atoms with E-state index in [4.69, 9.17) is 0 Å². The molecule has 1 heterocycles. The van der Waals surface area contributed by atoms with E-state index in [9.17, 15) is 9.00 Å². The van der Waals surface area contributed by atoms with Gasteiger partial charge in [0.05, 0.1) is 25.2 Å². The van der Waals surface area contributed by atoms with Gasteiger partial charge in [0.25, 0.3) is 0 Å². The summed E-state index contributed by atoms with van der Waals surface area (Å²) in [7, 11) is -1.28. The predicted molar refractivity (Wildman–Crippen MR) is 83.5 cm³/mol. The summed E-state index contributed by atoms with van der Waals surface area (Å²) in [6, 6.07) is 9.35. The lowest BCUT2D eigenvalue weighted by Crippen LogP contribution is -2.10. The molecule has 0 amide bonds. The molecule has 0 spiro atoms. The summed E-state index contributed by atoms with van der Waals surface area (Å²) in [6.45, 7) is 3.92. The van der Waals surface area contributed by atoms with Crippen molar-refractivity contribution in [3.05, 3.63) is 50.1 Å². The molecule has 1 aromatic heterocycles. The van der Waals surface area contributed by atoms with E-state index in [0.717, 1.165) is 19.8 Å². The number of hydrogen-bond acceptors (Lipinski definition) is 3. The summed E-state index contributed by atoms with van der Waals surface area (Å²) in [5.74, 6) is -0.0364. The number of carbonyl (C=O) groups is 1. The van der Waals surface area contributed by atoms with Gasteiger partial charge in [-0.2, -0.15) is 0 Å².